The fraction of sp³-hybridized carbons (Fsp3) is 0.138. The molecule has 0 saturated carbocycles. The lowest BCUT2D eigenvalue weighted by atomic mass is 10.0. The van der Waals surface area contributed by atoms with E-state index in [2.05, 4.69) is 45.7 Å². The molecule has 1 aliphatic heterocycles. The number of carbonyl (C=O) groups is 1. The van der Waals surface area contributed by atoms with Crippen molar-refractivity contribution in [2.75, 3.05) is 0 Å². The van der Waals surface area contributed by atoms with E-state index in [1.165, 1.54) is 5.56 Å². The van der Waals surface area contributed by atoms with Gasteiger partial charge in [0.2, 0.25) is 5.78 Å². The smallest absolute Gasteiger partial charge is 0.262 e. The molecule has 3 aromatic carbocycles. The highest BCUT2D eigenvalue weighted by Gasteiger charge is 2.33. The Labute approximate surface area is 209 Å². The minimum absolute atomic E-state index is 0. The number of pyridine rings is 1. The molecule has 0 saturated heterocycles. The second kappa shape index (κ2) is 8.99. The molecule has 0 radical (unpaired) electrons. The summed E-state index contributed by atoms with van der Waals surface area (Å²) in [6.45, 7) is 2.35. The molecule has 0 bridgehead atoms. The summed E-state index contributed by atoms with van der Waals surface area (Å²) in [6.07, 6.45) is 5.84. The predicted octanol–water partition coefficient (Wildman–Crippen LogP) is 2.27. The van der Waals surface area contributed by atoms with Gasteiger partial charge in [0.15, 0.2) is 17.9 Å². The minimum atomic E-state index is 0. The number of ketones is 1. The molecule has 0 unspecified atom stereocenters. The molecular formula is C29H24BrN3O. The summed E-state index contributed by atoms with van der Waals surface area (Å²) in [5.41, 5.74) is 7.48. The van der Waals surface area contributed by atoms with Gasteiger partial charge in [-0.1, -0.05) is 78.4 Å². The number of imidazole rings is 1. The molecule has 4 nitrogen and oxygen atoms in total. The molecule has 1 aliphatic rings. The number of halogens is 1. The zero-order valence-corrected chi connectivity index (χ0v) is 20.5. The van der Waals surface area contributed by atoms with Gasteiger partial charge in [0.25, 0.3) is 5.82 Å². The van der Waals surface area contributed by atoms with E-state index in [9.17, 15) is 4.79 Å². The van der Waals surface area contributed by atoms with Crippen LogP contribution in [0.25, 0.3) is 27.8 Å². The third-order valence-electron chi connectivity index (χ3n) is 6.57. The van der Waals surface area contributed by atoms with Crippen LogP contribution in [0, 0.1) is 6.92 Å². The Morgan fingerprint density at radius 2 is 1.74 bits per heavy atom. The van der Waals surface area contributed by atoms with Gasteiger partial charge in [-0.05, 0) is 19.4 Å². The number of hydrogen-bond acceptors (Lipinski definition) is 2. The van der Waals surface area contributed by atoms with Crippen molar-refractivity contribution in [2.45, 2.75) is 26.3 Å². The highest BCUT2D eigenvalue weighted by Crippen LogP contribution is 2.29. The third-order valence-corrected chi connectivity index (χ3v) is 6.57. The van der Waals surface area contributed by atoms with Crippen molar-refractivity contribution >= 4 is 16.7 Å². The molecule has 168 valence electrons. The number of Topliss-reactive ketones (excluding diaryl/α,β-unsaturated/α-hetero) is 1. The molecule has 5 heteroatoms. The molecule has 3 heterocycles. The van der Waals surface area contributed by atoms with Crippen molar-refractivity contribution in [3.8, 4) is 16.9 Å². The largest absolute Gasteiger partial charge is 1.00 e. The first kappa shape index (κ1) is 22.2. The van der Waals surface area contributed by atoms with Gasteiger partial charge in [-0.15, -0.1) is 0 Å². The molecule has 5 aromatic rings. The maximum atomic E-state index is 13.3. The van der Waals surface area contributed by atoms with Crippen LogP contribution in [0.4, 0.5) is 0 Å². The standard InChI is InChI=1S/C29H24N3O.BrH/c1-20-9-11-22(12-10-20)26(33)19-31-25(21-6-3-2-4-7-21)18-32-27(31)16-15-24-14-13-23-8-5-17-30-28(23)29(24)32;/h2-14,17-18H,15-16,19H2,1H3;1H/q+1;/p-1. The first-order valence-corrected chi connectivity index (χ1v) is 11.4. The highest BCUT2D eigenvalue weighted by atomic mass is 79.9. The van der Waals surface area contributed by atoms with Crippen molar-refractivity contribution in [3.05, 3.63) is 114 Å². The number of benzene rings is 3. The molecule has 2 aromatic heterocycles. The van der Waals surface area contributed by atoms with E-state index in [-0.39, 0.29) is 22.8 Å². The average Bonchev–Trinajstić information content (AvgIpc) is 3.23. The van der Waals surface area contributed by atoms with Gasteiger partial charge in [0.05, 0.1) is 6.42 Å². The quantitative estimate of drug-likeness (QED) is 0.275. The lowest BCUT2D eigenvalue weighted by Crippen LogP contribution is -3.00. The van der Waals surface area contributed by atoms with Crippen LogP contribution < -0.4 is 21.5 Å². The normalized spacial score (nSPS) is 12.0. The highest BCUT2D eigenvalue weighted by molar-refractivity contribution is 5.96. The van der Waals surface area contributed by atoms with Gasteiger partial charge in [0.1, 0.15) is 11.7 Å². The van der Waals surface area contributed by atoms with Gasteiger partial charge < -0.3 is 17.0 Å². The summed E-state index contributed by atoms with van der Waals surface area (Å²) in [5.74, 6) is 1.26. The van der Waals surface area contributed by atoms with Crippen LogP contribution in [0.2, 0.25) is 0 Å². The summed E-state index contributed by atoms with van der Waals surface area (Å²) in [6, 6.07) is 26.6. The number of hydrogen-bond donors (Lipinski definition) is 0. The zero-order valence-electron chi connectivity index (χ0n) is 18.9. The van der Waals surface area contributed by atoms with E-state index < -0.39 is 0 Å². The molecule has 0 atom stereocenters. The minimum Gasteiger partial charge on any atom is -1.00 e. The lowest BCUT2D eigenvalue weighted by molar-refractivity contribution is -0.605. The predicted molar refractivity (Wildman–Crippen MR) is 130 cm³/mol. The summed E-state index contributed by atoms with van der Waals surface area (Å²) < 4.78 is 4.46. The van der Waals surface area contributed by atoms with Gasteiger partial charge in [-0.3, -0.25) is 9.78 Å². The zero-order chi connectivity index (χ0) is 22.4. The Bertz CT molecular complexity index is 1500. The van der Waals surface area contributed by atoms with E-state index in [1.54, 1.807) is 0 Å². The second-order valence-corrected chi connectivity index (χ2v) is 8.69. The van der Waals surface area contributed by atoms with Crippen molar-refractivity contribution in [1.29, 1.82) is 0 Å². The van der Waals surface area contributed by atoms with E-state index >= 15 is 0 Å². The van der Waals surface area contributed by atoms with Crippen molar-refractivity contribution in [1.82, 2.24) is 9.55 Å². The average molecular weight is 510 g/mol. The maximum Gasteiger partial charge on any atom is 0.262 e. The van der Waals surface area contributed by atoms with E-state index in [4.69, 9.17) is 4.98 Å². The summed E-state index contributed by atoms with van der Waals surface area (Å²) >= 11 is 0. The van der Waals surface area contributed by atoms with Crippen LogP contribution in [-0.2, 0) is 19.4 Å². The van der Waals surface area contributed by atoms with E-state index in [0.717, 1.165) is 57.6 Å². The van der Waals surface area contributed by atoms with Crippen LogP contribution in [0.15, 0.2) is 91.3 Å². The topological polar surface area (TPSA) is 38.8 Å². The number of aromatic nitrogens is 3. The van der Waals surface area contributed by atoms with Gasteiger partial charge in [-0.25, -0.2) is 4.57 Å². The molecule has 0 N–H and O–H groups in total. The van der Waals surface area contributed by atoms with E-state index in [1.807, 2.05) is 61.7 Å². The summed E-state index contributed by atoms with van der Waals surface area (Å²) in [5, 5.41) is 1.13. The molecular weight excluding hydrogens is 486 g/mol. The summed E-state index contributed by atoms with van der Waals surface area (Å²) in [7, 11) is 0. The molecule has 0 spiro atoms. The Morgan fingerprint density at radius 1 is 0.941 bits per heavy atom. The van der Waals surface area contributed by atoms with Crippen molar-refractivity contribution in [2.24, 2.45) is 0 Å². The van der Waals surface area contributed by atoms with E-state index in [0.29, 0.717) is 6.54 Å². The van der Waals surface area contributed by atoms with Gasteiger partial charge in [0, 0.05) is 28.3 Å². The molecule has 0 fully saturated rings. The molecule has 34 heavy (non-hydrogen) atoms. The van der Waals surface area contributed by atoms with Crippen LogP contribution in [-0.4, -0.2) is 15.3 Å². The van der Waals surface area contributed by atoms with Crippen LogP contribution in [0.1, 0.15) is 27.3 Å². The Kier molecular flexibility index (Phi) is 5.88. The fourth-order valence-electron chi connectivity index (χ4n) is 4.86. The van der Waals surface area contributed by atoms with Crippen molar-refractivity contribution in [3.63, 3.8) is 0 Å². The first-order chi connectivity index (χ1) is 16.2. The number of carbonyl (C=O) groups excluding carboxylic acids is 1. The number of aryl methyl sites for hydroxylation is 2. The maximum absolute atomic E-state index is 13.3. The monoisotopic (exact) mass is 509 g/mol. The number of rotatable bonds is 4. The molecule has 0 amide bonds. The third kappa shape index (κ3) is 3.76. The molecule has 0 aliphatic carbocycles. The lowest BCUT2D eigenvalue weighted by Gasteiger charge is -2.15. The molecule has 6 rings (SSSR count). The Hall–Kier alpha value is -3.57. The number of fused-ring (bicyclic) bond motifs is 5. The number of nitrogens with zero attached hydrogens (tertiary/aromatic N) is 3. The second-order valence-electron chi connectivity index (χ2n) is 8.69. The van der Waals surface area contributed by atoms with Crippen LogP contribution in [0.5, 0.6) is 0 Å². The summed E-state index contributed by atoms with van der Waals surface area (Å²) in [4.78, 5) is 18.0. The van der Waals surface area contributed by atoms with Crippen molar-refractivity contribution < 1.29 is 26.3 Å². The Balaban J connectivity index is 0.00000241. The first-order valence-electron chi connectivity index (χ1n) is 11.4. The SMILES string of the molecule is Cc1ccc(C(=O)Cn2c(-c3ccccc3)c[n+]3c2CCc2ccc4cccnc4c2-3)cc1.[Br-]. The van der Waals surface area contributed by atoms with Gasteiger partial charge >= 0.3 is 0 Å². The van der Waals surface area contributed by atoms with Crippen LogP contribution in [0.3, 0.4) is 0 Å². The van der Waals surface area contributed by atoms with Gasteiger partial charge in [-0.2, -0.15) is 4.57 Å². The Morgan fingerprint density at radius 3 is 2.53 bits per heavy atom. The fourth-order valence-corrected chi connectivity index (χ4v) is 4.86. The van der Waals surface area contributed by atoms with Crippen LogP contribution >= 0.6 is 0 Å².